The molecule has 0 aliphatic carbocycles. The molecular weight excluding hydrogens is 180 g/mol. The highest BCUT2D eigenvalue weighted by atomic mass is 16.3. The number of rotatable bonds is 6. The van der Waals surface area contributed by atoms with Crippen LogP contribution < -0.4 is 11.1 Å². The molecule has 1 amide bonds. The molecule has 0 rings (SSSR count). The van der Waals surface area contributed by atoms with E-state index in [9.17, 15) is 4.79 Å². The van der Waals surface area contributed by atoms with Crippen LogP contribution in [0, 0.1) is 0 Å². The molecule has 4 N–H and O–H groups in total. The molecule has 0 fully saturated rings. The van der Waals surface area contributed by atoms with E-state index in [1.165, 1.54) is 0 Å². The van der Waals surface area contributed by atoms with Gasteiger partial charge in [0.05, 0.1) is 5.54 Å². The molecule has 0 saturated carbocycles. The molecule has 0 bridgehead atoms. The number of carbonyl (C=O) groups excluding carboxylic acids is 1. The van der Waals surface area contributed by atoms with E-state index >= 15 is 0 Å². The molecule has 14 heavy (non-hydrogen) atoms. The second kappa shape index (κ2) is 5.98. The zero-order valence-electron chi connectivity index (χ0n) is 9.34. The van der Waals surface area contributed by atoms with E-state index in [4.69, 9.17) is 10.8 Å². The Morgan fingerprint density at radius 1 is 1.57 bits per heavy atom. The number of aliphatic hydroxyl groups excluding tert-OH is 1. The van der Waals surface area contributed by atoms with Crippen LogP contribution in [-0.4, -0.2) is 29.2 Å². The van der Waals surface area contributed by atoms with Crippen LogP contribution in [0.25, 0.3) is 0 Å². The Bertz CT molecular complexity index is 181. The van der Waals surface area contributed by atoms with Crippen molar-refractivity contribution in [1.29, 1.82) is 0 Å². The minimum absolute atomic E-state index is 0.0296. The van der Waals surface area contributed by atoms with Crippen molar-refractivity contribution in [2.24, 2.45) is 5.73 Å². The summed E-state index contributed by atoms with van der Waals surface area (Å²) in [5, 5.41) is 11.6. The summed E-state index contributed by atoms with van der Waals surface area (Å²) in [6, 6.07) is 0.0296. The average Bonchev–Trinajstić information content (AvgIpc) is 2.16. The number of amides is 1. The number of nitrogens with one attached hydrogen (secondary N) is 1. The molecule has 0 radical (unpaired) electrons. The van der Waals surface area contributed by atoms with Crippen molar-refractivity contribution in [2.75, 3.05) is 6.61 Å². The second-order valence-electron chi connectivity index (χ2n) is 3.86. The quantitative estimate of drug-likeness (QED) is 0.583. The molecule has 2 atom stereocenters. The van der Waals surface area contributed by atoms with E-state index in [2.05, 4.69) is 5.32 Å². The lowest BCUT2D eigenvalue weighted by atomic mass is 9.98. The minimum Gasteiger partial charge on any atom is -0.396 e. The lowest BCUT2D eigenvalue weighted by Crippen LogP contribution is -2.53. The molecule has 0 aliphatic rings. The first-order valence-electron chi connectivity index (χ1n) is 5.18. The van der Waals surface area contributed by atoms with Crippen LogP contribution in [0.15, 0.2) is 0 Å². The van der Waals surface area contributed by atoms with Gasteiger partial charge in [-0.15, -0.1) is 0 Å². The highest BCUT2D eigenvalue weighted by molar-refractivity contribution is 5.85. The molecule has 0 saturated heterocycles. The molecule has 2 unspecified atom stereocenters. The molecule has 0 aromatic heterocycles. The van der Waals surface area contributed by atoms with Crippen LogP contribution >= 0.6 is 0 Å². The van der Waals surface area contributed by atoms with Crippen molar-refractivity contribution >= 4 is 5.91 Å². The normalized spacial score (nSPS) is 17.2. The standard InChI is InChI=1S/C10H22N2O2/c1-4-8(6-7-13)12-9(14)10(3,11)5-2/h8,13H,4-7,11H2,1-3H3,(H,12,14). The maximum absolute atomic E-state index is 11.6. The Labute approximate surface area is 85.9 Å². The Hall–Kier alpha value is -0.610. The summed E-state index contributed by atoms with van der Waals surface area (Å²) in [5.74, 6) is -0.139. The third-order valence-corrected chi connectivity index (χ3v) is 2.56. The van der Waals surface area contributed by atoms with Gasteiger partial charge in [-0.3, -0.25) is 4.79 Å². The van der Waals surface area contributed by atoms with E-state index in [1.54, 1.807) is 6.92 Å². The van der Waals surface area contributed by atoms with Gasteiger partial charge in [-0.1, -0.05) is 13.8 Å². The lowest BCUT2D eigenvalue weighted by molar-refractivity contribution is -0.126. The van der Waals surface area contributed by atoms with Crippen molar-refractivity contribution in [3.8, 4) is 0 Å². The summed E-state index contributed by atoms with van der Waals surface area (Å²) in [6.07, 6.45) is 2.00. The lowest BCUT2D eigenvalue weighted by Gasteiger charge is -2.25. The van der Waals surface area contributed by atoms with Crippen molar-refractivity contribution in [1.82, 2.24) is 5.32 Å². The number of hydrogen-bond donors (Lipinski definition) is 3. The Balaban J connectivity index is 4.15. The molecule has 84 valence electrons. The maximum atomic E-state index is 11.6. The minimum atomic E-state index is -0.803. The molecule has 0 aromatic rings. The summed E-state index contributed by atoms with van der Waals surface area (Å²) in [5.41, 5.74) is 4.98. The molecule has 4 nitrogen and oxygen atoms in total. The largest absolute Gasteiger partial charge is 0.396 e. The van der Waals surface area contributed by atoms with Crippen molar-refractivity contribution in [3.63, 3.8) is 0 Å². The van der Waals surface area contributed by atoms with Crippen molar-refractivity contribution < 1.29 is 9.90 Å². The zero-order valence-corrected chi connectivity index (χ0v) is 9.34. The van der Waals surface area contributed by atoms with Gasteiger partial charge in [-0.2, -0.15) is 0 Å². The summed E-state index contributed by atoms with van der Waals surface area (Å²) in [6.45, 7) is 5.66. The fourth-order valence-electron chi connectivity index (χ4n) is 1.05. The SMILES string of the molecule is CCC(CCO)NC(=O)C(C)(N)CC. The number of carbonyl (C=O) groups is 1. The first kappa shape index (κ1) is 13.4. The fraction of sp³-hybridized carbons (Fsp3) is 0.900. The maximum Gasteiger partial charge on any atom is 0.240 e. The Morgan fingerprint density at radius 3 is 2.50 bits per heavy atom. The predicted molar refractivity (Wildman–Crippen MR) is 56.8 cm³/mol. The van der Waals surface area contributed by atoms with Crippen LogP contribution in [0.4, 0.5) is 0 Å². The smallest absolute Gasteiger partial charge is 0.240 e. The first-order valence-corrected chi connectivity index (χ1v) is 5.18. The van der Waals surface area contributed by atoms with Crippen molar-refractivity contribution in [2.45, 2.75) is 51.6 Å². The molecule has 0 aliphatic heterocycles. The van der Waals surface area contributed by atoms with E-state index < -0.39 is 5.54 Å². The highest BCUT2D eigenvalue weighted by Crippen LogP contribution is 2.06. The van der Waals surface area contributed by atoms with E-state index in [1.807, 2.05) is 13.8 Å². The number of aliphatic hydroxyl groups is 1. The van der Waals surface area contributed by atoms with Gasteiger partial charge in [0.1, 0.15) is 0 Å². The van der Waals surface area contributed by atoms with Crippen LogP contribution in [0.2, 0.25) is 0 Å². The zero-order chi connectivity index (χ0) is 11.2. The van der Waals surface area contributed by atoms with E-state index in [-0.39, 0.29) is 18.6 Å². The molecular formula is C10H22N2O2. The molecule has 4 heteroatoms. The summed E-state index contributed by atoms with van der Waals surface area (Å²) in [7, 11) is 0. The van der Waals surface area contributed by atoms with Gasteiger partial charge in [-0.25, -0.2) is 0 Å². The third-order valence-electron chi connectivity index (χ3n) is 2.56. The van der Waals surface area contributed by atoms with Crippen LogP contribution in [-0.2, 0) is 4.79 Å². The fourth-order valence-corrected chi connectivity index (χ4v) is 1.05. The van der Waals surface area contributed by atoms with Gasteiger partial charge in [0.25, 0.3) is 0 Å². The van der Waals surface area contributed by atoms with Crippen LogP contribution in [0.1, 0.15) is 40.0 Å². The van der Waals surface area contributed by atoms with Gasteiger partial charge in [0, 0.05) is 12.6 Å². The Morgan fingerprint density at radius 2 is 2.14 bits per heavy atom. The molecule has 0 spiro atoms. The molecule has 0 heterocycles. The van der Waals surface area contributed by atoms with Gasteiger partial charge in [-0.05, 0) is 26.2 Å². The first-order chi connectivity index (χ1) is 6.47. The monoisotopic (exact) mass is 202 g/mol. The topological polar surface area (TPSA) is 75.3 Å². The van der Waals surface area contributed by atoms with E-state index in [0.717, 1.165) is 6.42 Å². The average molecular weight is 202 g/mol. The summed E-state index contributed by atoms with van der Waals surface area (Å²) < 4.78 is 0. The van der Waals surface area contributed by atoms with Gasteiger partial charge in [0.15, 0.2) is 0 Å². The third kappa shape index (κ3) is 4.07. The summed E-state index contributed by atoms with van der Waals surface area (Å²) >= 11 is 0. The van der Waals surface area contributed by atoms with Gasteiger partial charge >= 0.3 is 0 Å². The van der Waals surface area contributed by atoms with Gasteiger partial charge < -0.3 is 16.2 Å². The van der Waals surface area contributed by atoms with Crippen molar-refractivity contribution in [3.05, 3.63) is 0 Å². The van der Waals surface area contributed by atoms with Crippen LogP contribution in [0.3, 0.4) is 0 Å². The van der Waals surface area contributed by atoms with Crippen LogP contribution in [0.5, 0.6) is 0 Å². The summed E-state index contributed by atoms with van der Waals surface area (Å²) in [4.78, 5) is 11.6. The second-order valence-corrected chi connectivity index (χ2v) is 3.86. The highest BCUT2D eigenvalue weighted by Gasteiger charge is 2.27. The number of hydrogen-bond acceptors (Lipinski definition) is 3. The van der Waals surface area contributed by atoms with Gasteiger partial charge in [0.2, 0.25) is 5.91 Å². The Kier molecular flexibility index (Phi) is 5.72. The predicted octanol–water partition coefficient (Wildman–Crippen LogP) is 0.391. The molecule has 0 aromatic carbocycles. The number of nitrogens with two attached hydrogens (primary N) is 1. The van der Waals surface area contributed by atoms with E-state index in [0.29, 0.717) is 12.8 Å².